The van der Waals surface area contributed by atoms with Crippen molar-refractivity contribution >= 4 is 11.8 Å². The van der Waals surface area contributed by atoms with Gasteiger partial charge in [0.2, 0.25) is 11.8 Å². The molecule has 0 heterocycles. The van der Waals surface area contributed by atoms with Crippen LogP contribution in [-0.4, -0.2) is 72.5 Å². The number of carbonyl (C=O) groups excluding carboxylic acids is 2. The maximum absolute atomic E-state index is 14.7. The lowest BCUT2D eigenvalue weighted by atomic mass is 9.94. The van der Waals surface area contributed by atoms with Gasteiger partial charge in [0.1, 0.15) is 24.0 Å². The maximum atomic E-state index is 14.7. The molecule has 1 aliphatic rings. The number of aliphatic hydroxyl groups is 1. The predicted octanol–water partition coefficient (Wildman–Crippen LogP) is 5.64. The average Bonchev–Trinajstić information content (AvgIpc) is 3.05. The van der Waals surface area contributed by atoms with E-state index >= 15 is 0 Å². The van der Waals surface area contributed by atoms with E-state index in [9.17, 15) is 32.3 Å². The van der Waals surface area contributed by atoms with Crippen molar-refractivity contribution < 1.29 is 32.3 Å². The molecule has 0 aromatic carbocycles. The Morgan fingerprint density at radius 1 is 0.840 bits per heavy atom. The van der Waals surface area contributed by atoms with Gasteiger partial charge in [0.25, 0.3) is 0 Å². The van der Waals surface area contributed by atoms with E-state index in [1.165, 1.54) is 0 Å². The molecule has 1 rings (SSSR count). The minimum Gasteiger partial charge on any atom is -0.383 e. The van der Waals surface area contributed by atoms with Crippen LogP contribution in [0.4, 0.5) is 17.6 Å². The van der Waals surface area contributed by atoms with Gasteiger partial charge in [-0.2, -0.15) is 0 Å². The van der Waals surface area contributed by atoms with E-state index in [-0.39, 0.29) is 29.8 Å². The summed E-state index contributed by atoms with van der Waals surface area (Å²) >= 11 is 0. The second-order valence-electron chi connectivity index (χ2n) is 14.0. The van der Waals surface area contributed by atoms with Crippen LogP contribution in [0.2, 0.25) is 0 Å². The number of halogens is 4. The zero-order valence-electron chi connectivity index (χ0n) is 31.4. The molecule has 0 fully saturated rings. The van der Waals surface area contributed by atoms with Crippen molar-refractivity contribution in [3.63, 3.8) is 0 Å². The molecule has 0 spiro atoms. The van der Waals surface area contributed by atoms with Crippen molar-refractivity contribution in [3.8, 4) is 0 Å². The number of likely N-dealkylation sites (N-methyl/N-ethyl adjacent to an activating group) is 1. The number of nitrogens with one attached hydrogen (secondary N) is 6. The lowest BCUT2D eigenvalue weighted by Crippen LogP contribution is -2.53. The third-order valence-corrected chi connectivity index (χ3v) is 8.87. The Hall–Kier alpha value is -3.32. The molecule has 8 atom stereocenters. The number of alkyl halides is 1. The lowest BCUT2D eigenvalue weighted by Gasteiger charge is -2.32. The Morgan fingerprint density at radius 2 is 1.46 bits per heavy atom. The fourth-order valence-corrected chi connectivity index (χ4v) is 5.59. The molecule has 13 heteroatoms. The smallest absolute Gasteiger partial charge is 0.243 e. The quantitative estimate of drug-likeness (QED) is 0.0684. The molecular weight excluding hydrogens is 652 g/mol. The van der Waals surface area contributed by atoms with Gasteiger partial charge in [0.15, 0.2) is 17.8 Å². The van der Waals surface area contributed by atoms with E-state index in [1.807, 2.05) is 41.5 Å². The summed E-state index contributed by atoms with van der Waals surface area (Å²) in [5.74, 6) is -5.93. The summed E-state index contributed by atoms with van der Waals surface area (Å²) in [6.45, 7) is 30.5. The molecule has 9 nitrogen and oxygen atoms in total. The van der Waals surface area contributed by atoms with Crippen molar-refractivity contribution in [2.45, 2.75) is 130 Å². The fourth-order valence-electron chi connectivity index (χ4n) is 5.59. The molecule has 0 bridgehead atoms. The first-order valence-corrected chi connectivity index (χ1v) is 17.8. The van der Waals surface area contributed by atoms with E-state index in [0.717, 1.165) is 6.42 Å². The van der Waals surface area contributed by atoms with Crippen molar-refractivity contribution in [2.75, 3.05) is 13.1 Å². The molecule has 0 aromatic rings. The number of carbonyl (C=O) groups is 2. The van der Waals surface area contributed by atoms with Crippen LogP contribution in [0.15, 0.2) is 59.9 Å². The number of aliphatic hydroxyl groups excluding tert-OH is 1. The number of hydrogen-bond donors (Lipinski definition) is 7. The van der Waals surface area contributed by atoms with Gasteiger partial charge in [-0.1, -0.05) is 81.0 Å². The van der Waals surface area contributed by atoms with Crippen molar-refractivity contribution in [1.29, 1.82) is 0 Å². The second-order valence-corrected chi connectivity index (χ2v) is 14.0. The summed E-state index contributed by atoms with van der Waals surface area (Å²) in [4.78, 5) is 26.3. The van der Waals surface area contributed by atoms with Gasteiger partial charge in [0.05, 0.1) is 11.6 Å². The van der Waals surface area contributed by atoms with Crippen LogP contribution >= 0.6 is 0 Å². The normalized spacial score (nSPS) is 20.1. The van der Waals surface area contributed by atoms with Gasteiger partial charge in [-0.25, -0.2) is 17.6 Å². The summed E-state index contributed by atoms with van der Waals surface area (Å²) in [5.41, 5.74) is -0.356. The molecule has 286 valence electrons. The molecule has 0 saturated carbocycles. The molecular formula is C37H62F4N6O3. The molecule has 0 saturated heterocycles. The third-order valence-electron chi connectivity index (χ3n) is 8.87. The highest BCUT2D eigenvalue weighted by molar-refractivity contribution is 5.83. The van der Waals surface area contributed by atoms with E-state index in [0.29, 0.717) is 49.7 Å². The van der Waals surface area contributed by atoms with Gasteiger partial charge < -0.3 is 37.0 Å². The Kier molecular flexibility index (Phi) is 18.9. The summed E-state index contributed by atoms with van der Waals surface area (Å²) in [5, 5.41) is 28.3. The first-order chi connectivity index (χ1) is 23.3. The first kappa shape index (κ1) is 44.7. The topological polar surface area (TPSA) is 127 Å². The molecule has 2 amide bonds. The highest BCUT2D eigenvalue weighted by Crippen LogP contribution is 2.38. The number of amides is 2. The molecule has 50 heavy (non-hydrogen) atoms. The average molecular weight is 715 g/mol. The third kappa shape index (κ3) is 12.8. The van der Waals surface area contributed by atoms with Gasteiger partial charge in [-0.3, -0.25) is 9.59 Å². The monoisotopic (exact) mass is 714 g/mol. The number of hydrogen-bond acceptors (Lipinski definition) is 7. The summed E-state index contributed by atoms with van der Waals surface area (Å²) in [6.07, 6.45) is -2.92. The zero-order chi connectivity index (χ0) is 38.5. The van der Waals surface area contributed by atoms with Gasteiger partial charge in [-0.15, -0.1) is 0 Å². The molecule has 0 aliphatic heterocycles. The van der Waals surface area contributed by atoms with Crippen LogP contribution in [0.25, 0.3) is 0 Å². The van der Waals surface area contributed by atoms with Crippen molar-refractivity contribution in [2.24, 2.45) is 17.8 Å². The van der Waals surface area contributed by atoms with E-state index in [1.54, 1.807) is 6.92 Å². The maximum Gasteiger partial charge on any atom is 0.243 e. The minimum absolute atomic E-state index is 0.0473. The van der Waals surface area contributed by atoms with Gasteiger partial charge >= 0.3 is 0 Å². The van der Waals surface area contributed by atoms with Crippen LogP contribution in [0, 0.1) is 17.8 Å². The Balaban J connectivity index is 3.10. The van der Waals surface area contributed by atoms with Gasteiger partial charge in [-0.05, 0) is 44.4 Å². The highest BCUT2D eigenvalue weighted by atomic mass is 19.2. The standard InChI is InChI=1S/C37H62F4N6O3/c1-13-16-27(47-37(50)34(21(8)14-2)46-25(12)28-29(38)31(40)35(48)32(41)30(28)39)24(11)44-26(17-19(4)5)18-43-22(9)23(10)45-33(20(6)7)36(49)42-15-3/h19-22,26-27,31,33-35,43-46,48H,10-18H2,1-9H3,(H,42,49)(H,47,50)/t21-,22-,26-,27-,31?,33?,34-,35?/m0/s1. The SMILES string of the molecule is C=C(N[C@H](C(=O)N[C@@H](CCC)C(=C)N[C@H](CN[C@@H](C)C(=C)NC(C(=O)NCC)C(C)C)CC(C)C)[C@@H](C)CC)C1=C(F)C(F)C(O)C(F)=C1F. The zero-order valence-corrected chi connectivity index (χ0v) is 31.4. The summed E-state index contributed by atoms with van der Waals surface area (Å²) < 4.78 is 57.7. The van der Waals surface area contributed by atoms with Crippen LogP contribution in [0.3, 0.4) is 0 Å². The van der Waals surface area contributed by atoms with E-state index < -0.39 is 65.1 Å². The van der Waals surface area contributed by atoms with Crippen LogP contribution < -0.4 is 31.9 Å². The van der Waals surface area contributed by atoms with Crippen LogP contribution in [0.5, 0.6) is 0 Å². The van der Waals surface area contributed by atoms with Crippen molar-refractivity contribution in [3.05, 3.63) is 59.9 Å². The van der Waals surface area contributed by atoms with E-state index in [4.69, 9.17) is 0 Å². The molecule has 3 unspecified atom stereocenters. The molecule has 0 aromatic heterocycles. The molecule has 7 N–H and O–H groups in total. The van der Waals surface area contributed by atoms with E-state index in [2.05, 4.69) is 65.5 Å². The van der Waals surface area contributed by atoms with Crippen molar-refractivity contribution in [1.82, 2.24) is 31.9 Å². The van der Waals surface area contributed by atoms with Crippen LogP contribution in [0.1, 0.15) is 88.0 Å². The molecule has 1 aliphatic carbocycles. The Morgan fingerprint density at radius 3 is 1.98 bits per heavy atom. The summed E-state index contributed by atoms with van der Waals surface area (Å²) in [6, 6.07) is -2.28. The van der Waals surface area contributed by atoms with Gasteiger partial charge in [0, 0.05) is 42.3 Å². The second kappa shape index (κ2) is 21.1. The Bertz CT molecular complexity index is 1250. The predicted molar refractivity (Wildman–Crippen MR) is 193 cm³/mol. The summed E-state index contributed by atoms with van der Waals surface area (Å²) in [7, 11) is 0. The Labute approximate surface area is 297 Å². The largest absolute Gasteiger partial charge is 0.383 e. The number of allylic oxidation sites excluding steroid dienone is 1. The molecule has 0 radical (unpaired) electrons. The lowest BCUT2D eigenvalue weighted by molar-refractivity contribution is -0.125. The highest BCUT2D eigenvalue weighted by Gasteiger charge is 2.40. The fraction of sp³-hybridized carbons (Fsp3) is 0.676. The number of rotatable bonds is 23. The first-order valence-electron chi connectivity index (χ1n) is 17.8. The van der Waals surface area contributed by atoms with Crippen LogP contribution in [-0.2, 0) is 9.59 Å². The minimum atomic E-state index is -2.81.